The van der Waals surface area contributed by atoms with Crippen molar-refractivity contribution in [3.8, 4) is 16.9 Å². The molecule has 9 heteroatoms. The maximum atomic E-state index is 12.9. The fourth-order valence-corrected chi connectivity index (χ4v) is 5.51. The second-order valence-corrected chi connectivity index (χ2v) is 11.5. The van der Waals surface area contributed by atoms with Crippen LogP contribution in [0.2, 0.25) is 0 Å². The Kier molecular flexibility index (Phi) is 6.90. The Hall–Kier alpha value is -3.30. The van der Waals surface area contributed by atoms with Crippen molar-refractivity contribution >= 4 is 21.7 Å². The van der Waals surface area contributed by atoms with Gasteiger partial charge in [-0.25, -0.2) is 4.79 Å². The average molecular weight is 514 g/mol. The van der Waals surface area contributed by atoms with Crippen LogP contribution in [0.25, 0.3) is 11.1 Å². The van der Waals surface area contributed by atoms with Crippen LogP contribution in [0, 0.1) is 13.8 Å². The second-order valence-electron chi connectivity index (χ2n) is 9.92. The Balaban J connectivity index is 1.94. The van der Waals surface area contributed by atoms with E-state index in [0.717, 1.165) is 29.7 Å². The molecule has 2 aromatic carbocycles. The summed E-state index contributed by atoms with van der Waals surface area (Å²) >= 11 is 0. The fourth-order valence-electron chi connectivity index (χ4n) is 4.47. The first-order chi connectivity index (χ1) is 16.9. The smallest absolute Gasteiger partial charge is 0.337 e. The highest BCUT2D eigenvalue weighted by molar-refractivity contribution is 7.92. The van der Waals surface area contributed by atoms with Gasteiger partial charge in [-0.3, -0.25) is 4.72 Å². The quantitative estimate of drug-likeness (QED) is 0.421. The number of sulfonamides is 1. The third kappa shape index (κ3) is 5.27. The Morgan fingerprint density at radius 2 is 1.92 bits per heavy atom. The Morgan fingerprint density at radius 3 is 2.56 bits per heavy atom. The minimum absolute atomic E-state index is 0.236. The molecule has 8 nitrogen and oxygen atoms in total. The average Bonchev–Trinajstić information content (AvgIpc) is 3.35. The number of ether oxygens (including phenoxy) is 2. The van der Waals surface area contributed by atoms with Crippen molar-refractivity contribution in [3.05, 3.63) is 64.9 Å². The summed E-state index contributed by atoms with van der Waals surface area (Å²) in [6.07, 6.45) is 1.70. The Bertz CT molecular complexity index is 1390. The van der Waals surface area contributed by atoms with Gasteiger partial charge in [0.05, 0.1) is 24.2 Å². The summed E-state index contributed by atoms with van der Waals surface area (Å²) in [4.78, 5) is 12.5. The molecule has 192 valence electrons. The molecule has 0 bridgehead atoms. The van der Waals surface area contributed by atoms with Crippen LogP contribution >= 0.6 is 0 Å². The van der Waals surface area contributed by atoms with Crippen molar-refractivity contribution in [2.75, 3.05) is 11.3 Å². The van der Waals surface area contributed by atoms with E-state index in [0.29, 0.717) is 28.9 Å². The fraction of sp³-hybridized carbons (Fsp3) is 0.370. The molecule has 0 saturated carbocycles. The molecule has 1 unspecified atom stereocenters. The highest BCUT2D eigenvalue weighted by atomic mass is 32.2. The minimum atomic E-state index is -4.02. The van der Waals surface area contributed by atoms with Crippen LogP contribution in [0.15, 0.2) is 52.2 Å². The number of carboxylic acids is 1. The standard InChI is InChI=1S/C27H31NO7S/c1-16-14-20(28-36(31,32)22-9-7-13-34-22)17(2)24(25(26(29)30)35-27(3,4)5)23(16)19-10-11-21-18(15-19)8-6-12-33-21/h7,9-11,13-15,25,28H,6,8,12H2,1-5H3,(H,29,30). The molecule has 0 saturated heterocycles. The van der Waals surface area contributed by atoms with Gasteiger partial charge in [0.15, 0.2) is 6.10 Å². The van der Waals surface area contributed by atoms with Gasteiger partial charge in [0.1, 0.15) is 5.75 Å². The number of anilines is 1. The van der Waals surface area contributed by atoms with E-state index in [1.54, 1.807) is 33.8 Å². The summed E-state index contributed by atoms with van der Waals surface area (Å²) in [6.45, 7) is 9.54. The van der Waals surface area contributed by atoms with Gasteiger partial charge in [-0.1, -0.05) is 6.07 Å². The van der Waals surface area contributed by atoms with E-state index in [4.69, 9.17) is 13.9 Å². The lowest BCUT2D eigenvalue weighted by atomic mass is 9.86. The van der Waals surface area contributed by atoms with Crippen LogP contribution in [0.1, 0.15) is 55.5 Å². The number of carboxylic acid groups (broad SMARTS) is 1. The molecule has 36 heavy (non-hydrogen) atoms. The third-order valence-corrected chi connectivity index (χ3v) is 7.24. The summed E-state index contributed by atoms with van der Waals surface area (Å²) in [5, 5.41) is 10.0. The topological polar surface area (TPSA) is 115 Å². The van der Waals surface area contributed by atoms with Gasteiger partial charge < -0.3 is 19.0 Å². The van der Waals surface area contributed by atoms with Crippen molar-refractivity contribution in [1.29, 1.82) is 0 Å². The van der Waals surface area contributed by atoms with Crippen molar-refractivity contribution in [3.63, 3.8) is 0 Å². The number of rotatable bonds is 7. The number of hydrogen-bond acceptors (Lipinski definition) is 6. The van der Waals surface area contributed by atoms with Crippen LogP contribution < -0.4 is 9.46 Å². The van der Waals surface area contributed by atoms with E-state index in [-0.39, 0.29) is 10.8 Å². The first kappa shape index (κ1) is 25.8. The van der Waals surface area contributed by atoms with E-state index in [2.05, 4.69) is 4.72 Å². The van der Waals surface area contributed by atoms with Gasteiger partial charge in [-0.05, 0) is 106 Å². The Morgan fingerprint density at radius 1 is 1.17 bits per heavy atom. The summed E-state index contributed by atoms with van der Waals surface area (Å²) in [5.74, 6) is -0.342. The van der Waals surface area contributed by atoms with E-state index in [1.807, 2.05) is 25.1 Å². The number of aliphatic carboxylic acids is 1. The van der Waals surface area contributed by atoms with Gasteiger partial charge in [-0.2, -0.15) is 8.42 Å². The van der Waals surface area contributed by atoms with Crippen LogP contribution in [0.3, 0.4) is 0 Å². The number of aryl methyl sites for hydroxylation is 2. The summed E-state index contributed by atoms with van der Waals surface area (Å²) in [5.41, 5.74) is 3.60. The summed E-state index contributed by atoms with van der Waals surface area (Å²) < 4.78 is 45.3. The molecule has 1 aromatic heterocycles. The van der Waals surface area contributed by atoms with E-state index < -0.39 is 27.7 Å². The van der Waals surface area contributed by atoms with Gasteiger partial charge >= 0.3 is 5.97 Å². The molecule has 4 rings (SSSR count). The van der Waals surface area contributed by atoms with Crippen molar-refractivity contribution in [2.45, 2.75) is 64.3 Å². The molecular formula is C27H31NO7S. The van der Waals surface area contributed by atoms with Crippen molar-refractivity contribution < 1.29 is 32.2 Å². The van der Waals surface area contributed by atoms with Gasteiger partial charge in [0.25, 0.3) is 10.0 Å². The lowest BCUT2D eigenvalue weighted by Gasteiger charge is -2.30. The number of fused-ring (bicyclic) bond motifs is 1. The number of hydrogen-bond donors (Lipinski definition) is 2. The largest absolute Gasteiger partial charge is 0.493 e. The van der Waals surface area contributed by atoms with E-state index in [1.165, 1.54) is 18.4 Å². The molecule has 1 aliphatic heterocycles. The molecule has 0 fully saturated rings. The summed E-state index contributed by atoms with van der Waals surface area (Å²) in [6, 6.07) is 10.4. The number of furan rings is 1. The highest BCUT2D eigenvalue weighted by Gasteiger charge is 2.33. The molecule has 0 aliphatic carbocycles. The molecule has 1 aliphatic rings. The first-order valence-electron chi connectivity index (χ1n) is 11.7. The zero-order chi connectivity index (χ0) is 26.3. The van der Waals surface area contributed by atoms with Crippen LogP contribution in [-0.4, -0.2) is 31.7 Å². The van der Waals surface area contributed by atoms with Gasteiger partial charge in [0.2, 0.25) is 5.09 Å². The molecule has 0 amide bonds. The SMILES string of the molecule is Cc1cc(NS(=O)(=O)c2ccco2)c(C)c(C(OC(C)(C)C)C(=O)O)c1-c1ccc2c(c1)CCCO2. The van der Waals surface area contributed by atoms with Crippen LogP contribution in [-0.2, 0) is 26.0 Å². The van der Waals surface area contributed by atoms with E-state index >= 15 is 0 Å². The minimum Gasteiger partial charge on any atom is -0.493 e. The molecule has 1 atom stereocenters. The first-order valence-corrected chi connectivity index (χ1v) is 13.2. The molecule has 2 heterocycles. The third-order valence-electron chi connectivity index (χ3n) is 5.99. The van der Waals surface area contributed by atoms with Crippen LogP contribution in [0.5, 0.6) is 5.75 Å². The lowest BCUT2D eigenvalue weighted by molar-refractivity contribution is -0.160. The molecular weight excluding hydrogens is 482 g/mol. The zero-order valence-corrected chi connectivity index (χ0v) is 21.9. The summed E-state index contributed by atoms with van der Waals surface area (Å²) in [7, 11) is -4.02. The molecule has 0 radical (unpaired) electrons. The number of carbonyl (C=O) groups is 1. The lowest BCUT2D eigenvalue weighted by Crippen LogP contribution is -2.28. The zero-order valence-electron chi connectivity index (χ0n) is 21.0. The van der Waals surface area contributed by atoms with Crippen molar-refractivity contribution in [2.24, 2.45) is 0 Å². The molecule has 3 aromatic rings. The molecule has 2 N–H and O–H groups in total. The maximum absolute atomic E-state index is 12.9. The predicted molar refractivity (Wildman–Crippen MR) is 136 cm³/mol. The normalized spacial score (nSPS) is 14.6. The van der Waals surface area contributed by atoms with Gasteiger partial charge in [0, 0.05) is 5.56 Å². The van der Waals surface area contributed by atoms with Crippen LogP contribution in [0.4, 0.5) is 5.69 Å². The predicted octanol–water partition coefficient (Wildman–Crippen LogP) is 5.63. The highest BCUT2D eigenvalue weighted by Crippen LogP contribution is 2.42. The van der Waals surface area contributed by atoms with Gasteiger partial charge in [-0.15, -0.1) is 0 Å². The second kappa shape index (κ2) is 9.63. The van der Waals surface area contributed by atoms with Crippen molar-refractivity contribution in [1.82, 2.24) is 0 Å². The maximum Gasteiger partial charge on any atom is 0.337 e. The Labute approximate surface area is 211 Å². The number of benzene rings is 2. The monoisotopic (exact) mass is 513 g/mol. The molecule has 0 spiro atoms. The van der Waals surface area contributed by atoms with E-state index in [9.17, 15) is 18.3 Å². The number of nitrogens with one attached hydrogen (secondary N) is 1.